The number of carboxylic acid groups (broad SMARTS) is 1. The summed E-state index contributed by atoms with van der Waals surface area (Å²) in [6.45, 7) is 4.79. The molecule has 78 valence electrons. The summed E-state index contributed by atoms with van der Waals surface area (Å²) < 4.78 is 0.171. The fraction of sp³-hybridized carbons (Fsp3) is 0.250. The standard InChI is InChI=1S/C4H5Cl3.C4H3NO2/c1-2-3(5)4(6)7;1-3(2-5)4(6)7/h2H2,1H3;1H2,(H,6,7). The molecule has 0 rings (SSSR count). The Balaban J connectivity index is 0. The van der Waals surface area contributed by atoms with Gasteiger partial charge in [0.2, 0.25) is 0 Å². The van der Waals surface area contributed by atoms with Crippen molar-refractivity contribution in [2.75, 3.05) is 0 Å². The van der Waals surface area contributed by atoms with Crippen LogP contribution in [0.25, 0.3) is 0 Å². The lowest BCUT2D eigenvalue weighted by atomic mass is 10.4. The van der Waals surface area contributed by atoms with Gasteiger partial charge in [-0.05, 0) is 6.42 Å². The van der Waals surface area contributed by atoms with Crippen molar-refractivity contribution in [3.8, 4) is 6.07 Å². The maximum Gasteiger partial charge on any atom is 0.345 e. The molecule has 0 bridgehead atoms. The van der Waals surface area contributed by atoms with Crippen molar-refractivity contribution in [3.63, 3.8) is 0 Å². The first-order valence-electron chi connectivity index (χ1n) is 3.38. The molecule has 0 heterocycles. The number of aliphatic carboxylic acids is 1. The second-order valence-electron chi connectivity index (χ2n) is 1.91. The quantitative estimate of drug-likeness (QED) is 0.608. The highest BCUT2D eigenvalue weighted by Gasteiger charge is 1.97. The van der Waals surface area contributed by atoms with E-state index in [0.717, 1.165) is 0 Å². The van der Waals surface area contributed by atoms with Crippen molar-refractivity contribution in [3.05, 3.63) is 21.7 Å². The van der Waals surface area contributed by atoms with E-state index in [2.05, 4.69) is 6.58 Å². The molecule has 0 aromatic rings. The molecule has 0 spiro atoms. The lowest BCUT2D eigenvalue weighted by Crippen LogP contribution is -1.94. The predicted octanol–water partition coefficient (Wildman–Crippen LogP) is 3.43. The third-order valence-corrected chi connectivity index (χ3v) is 2.01. The number of nitrogens with zero attached hydrogens (tertiary/aromatic N) is 1. The van der Waals surface area contributed by atoms with Gasteiger partial charge in [0.1, 0.15) is 16.1 Å². The number of allylic oxidation sites excluding steroid dienone is 1. The Hall–Kier alpha value is -0.690. The first kappa shape index (κ1) is 15.8. The second kappa shape index (κ2) is 8.89. The smallest absolute Gasteiger partial charge is 0.345 e. The first-order chi connectivity index (χ1) is 6.36. The maximum absolute atomic E-state index is 9.61. The molecule has 1 N–H and O–H groups in total. The van der Waals surface area contributed by atoms with Crippen LogP contribution in [-0.4, -0.2) is 11.1 Å². The second-order valence-corrected chi connectivity index (χ2v) is 3.32. The highest BCUT2D eigenvalue weighted by atomic mass is 35.5. The van der Waals surface area contributed by atoms with Gasteiger partial charge in [-0.3, -0.25) is 0 Å². The van der Waals surface area contributed by atoms with Gasteiger partial charge < -0.3 is 5.11 Å². The van der Waals surface area contributed by atoms with Gasteiger partial charge in [-0.15, -0.1) is 0 Å². The summed E-state index contributed by atoms with van der Waals surface area (Å²) in [6, 6.07) is 1.37. The van der Waals surface area contributed by atoms with Crippen LogP contribution in [0, 0.1) is 11.3 Å². The van der Waals surface area contributed by atoms with Gasteiger partial charge in [0.05, 0.1) is 0 Å². The Morgan fingerprint density at radius 1 is 1.50 bits per heavy atom. The molecular formula is C8H8Cl3NO2. The predicted molar refractivity (Wildman–Crippen MR) is 57.3 cm³/mol. The van der Waals surface area contributed by atoms with E-state index in [4.69, 9.17) is 45.2 Å². The van der Waals surface area contributed by atoms with E-state index in [1.54, 1.807) is 0 Å². The van der Waals surface area contributed by atoms with E-state index in [9.17, 15) is 4.79 Å². The van der Waals surface area contributed by atoms with Crippen LogP contribution < -0.4 is 0 Å². The van der Waals surface area contributed by atoms with Gasteiger partial charge in [0.15, 0.2) is 0 Å². The minimum Gasteiger partial charge on any atom is -0.477 e. The minimum atomic E-state index is -1.26. The van der Waals surface area contributed by atoms with Gasteiger partial charge in [-0.2, -0.15) is 5.26 Å². The van der Waals surface area contributed by atoms with Crippen LogP contribution in [0.4, 0.5) is 0 Å². The van der Waals surface area contributed by atoms with Gasteiger partial charge in [0, 0.05) is 5.03 Å². The first-order valence-corrected chi connectivity index (χ1v) is 4.52. The van der Waals surface area contributed by atoms with Gasteiger partial charge >= 0.3 is 5.97 Å². The van der Waals surface area contributed by atoms with Crippen LogP contribution in [0.15, 0.2) is 21.7 Å². The van der Waals surface area contributed by atoms with Gasteiger partial charge in [-0.1, -0.05) is 48.3 Å². The molecular weight excluding hydrogens is 248 g/mol. The van der Waals surface area contributed by atoms with Crippen molar-refractivity contribution in [2.45, 2.75) is 13.3 Å². The van der Waals surface area contributed by atoms with Crippen molar-refractivity contribution in [2.24, 2.45) is 0 Å². The lowest BCUT2D eigenvalue weighted by Gasteiger charge is -1.86. The fourth-order valence-electron chi connectivity index (χ4n) is 0.181. The zero-order chi connectivity index (χ0) is 11.7. The molecule has 0 amide bonds. The van der Waals surface area contributed by atoms with E-state index in [1.165, 1.54) is 6.07 Å². The number of nitriles is 1. The monoisotopic (exact) mass is 255 g/mol. The molecule has 0 fully saturated rings. The molecule has 0 aromatic heterocycles. The number of hydrogen-bond acceptors (Lipinski definition) is 2. The minimum absolute atomic E-state index is 0.171. The Morgan fingerprint density at radius 3 is 1.93 bits per heavy atom. The van der Waals surface area contributed by atoms with Crippen LogP contribution >= 0.6 is 34.8 Å². The van der Waals surface area contributed by atoms with Crippen molar-refractivity contribution >= 4 is 40.8 Å². The topological polar surface area (TPSA) is 61.1 Å². The Bertz CT molecular complexity index is 287. The summed E-state index contributed by atoms with van der Waals surface area (Å²) in [7, 11) is 0. The SMILES string of the molecule is C=C(C#N)C(=O)O.CCC(Cl)=C(Cl)Cl. The van der Waals surface area contributed by atoms with Gasteiger partial charge in [-0.25, -0.2) is 4.79 Å². The van der Waals surface area contributed by atoms with Crippen LogP contribution in [0.5, 0.6) is 0 Å². The molecule has 0 saturated carbocycles. The van der Waals surface area contributed by atoms with Crippen LogP contribution in [0.2, 0.25) is 0 Å². The molecule has 0 aliphatic heterocycles. The average molecular weight is 257 g/mol. The third-order valence-electron chi connectivity index (χ3n) is 0.909. The fourth-order valence-corrected chi connectivity index (χ4v) is 0.449. The van der Waals surface area contributed by atoms with Crippen LogP contribution in [-0.2, 0) is 4.79 Å². The van der Waals surface area contributed by atoms with Gasteiger partial charge in [0.25, 0.3) is 0 Å². The molecule has 14 heavy (non-hydrogen) atoms. The van der Waals surface area contributed by atoms with E-state index >= 15 is 0 Å². The Labute approximate surface area is 97.2 Å². The highest BCUT2D eigenvalue weighted by molar-refractivity contribution is 6.59. The molecule has 0 radical (unpaired) electrons. The lowest BCUT2D eigenvalue weighted by molar-refractivity contribution is -0.132. The number of carbonyl (C=O) groups is 1. The molecule has 0 saturated heterocycles. The molecule has 0 atom stereocenters. The number of hydrogen-bond donors (Lipinski definition) is 1. The number of carboxylic acids is 1. The third kappa shape index (κ3) is 9.40. The largest absolute Gasteiger partial charge is 0.477 e. The van der Waals surface area contributed by atoms with Crippen LogP contribution in [0.1, 0.15) is 13.3 Å². The summed E-state index contributed by atoms with van der Waals surface area (Å²) in [5, 5.41) is 16.2. The van der Waals surface area contributed by atoms with Crippen molar-refractivity contribution < 1.29 is 9.90 Å². The Morgan fingerprint density at radius 2 is 1.93 bits per heavy atom. The van der Waals surface area contributed by atoms with E-state index in [1.807, 2.05) is 6.92 Å². The average Bonchev–Trinajstić information content (AvgIpc) is 2.15. The summed E-state index contributed by atoms with van der Waals surface area (Å²) in [6.07, 6.45) is 0.698. The van der Waals surface area contributed by atoms with Crippen molar-refractivity contribution in [1.29, 1.82) is 5.26 Å². The molecule has 3 nitrogen and oxygen atoms in total. The van der Waals surface area contributed by atoms with E-state index in [-0.39, 0.29) is 4.49 Å². The summed E-state index contributed by atoms with van der Waals surface area (Å²) >= 11 is 15.9. The summed E-state index contributed by atoms with van der Waals surface area (Å²) in [4.78, 5) is 9.61. The Kier molecular flexibility index (Phi) is 10.0. The zero-order valence-electron chi connectivity index (χ0n) is 7.35. The molecule has 0 aromatic carbocycles. The van der Waals surface area contributed by atoms with Crippen molar-refractivity contribution in [1.82, 2.24) is 0 Å². The summed E-state index contributed by atoms with van der Waals surface area (Å²) in [5.74, 6) is -1.26. The maximum atomic E-state index is 9.61. The van der Waals surface area contributed by atoms with E-state index in [0.29, 0.717) is 11.5 Å². The molecule has 0 aliphatic carbocycles. The molecule has 0 unspecified atom stereocenters. The number of rotatable bonds is 2. The van der Waals surface area contributed by atoms with Crippen LogP contribution in [0.3, 0.4) is 0 Å². The number of halogens is 3. The van der Waals surface area contributed by atoms with E-state index < -0.39 is 11.5 Å². The normalized spacial score (nSPS) is 7.64. The summed E-state index contributed by atoms with van der Waals surface area (Å²) in [5.41, 5.74) is -0.431. The molecule has 6 heteroatoms. The molecule has 0 aliphatic rings. The highest BCUT2D eigenvalue weighted by Crippen LogP contribution is 2.19. The zero-order valence-corrected chi connectivity index (χ0v) is 9.62.